The largest absolute Gasteiger partial charge is 0.478 e. The van der Waals surface area contributed by atoms with Crippen molar-refractivity contribution in [1.29, 1.82) is 0 Å². The Labute approximate surface area is 170 Å². The van der Waals surface area contributed by atoms with Gasteiger partial charge in [-0.15, -0.1) is 0 Å². The van der Waals surface area contributed by atoms with E-state index < -0.39 is 24.1 Å². The average Bonchev–Trinajstić information content (AvgIpc) is 2.89. The number of rotatable bonds is 8. The quantitative estimate of drug-likeness (QED) is 0.351. The van der Waals surface area contributed by atoms with Gasteiger partial charge in [0.05, 0.1) is 12.0 Å². The van der Waals surface area contributed by atoms with Crippen LogP contribution in [-0.4, -0.2) is 39.3 Å². The third-order valence-electron chi connectivity index (χ3n) is 4.80. The molecule has 1 aliphatic carbocycles. The summed E-state index contributed by atoms with van der Waals surface area (Å²) >= 11 is 5.94. The van der Waals surface area contributed by atoms with E-state index in [2.05, 4.69) is 11.8 Å². The van der Waals surface area contributed by atoms with E-state index in [-0.39, 0.29) is 18.1 Å². The summed E-state index contributed by atoms with van der Waals surface area (Å²) in [6.07, 6.45) is 4.15. The van der Waals surface area contributed by atoms with Crippen LogP contribution in [0.3, 0.4) is 0 Å². The number of carboxylic acid groups (broad SMARTS) is 1. The van der Waals surface area contributed by atoms with Gasteiger partial charge in [-0.2, -0.15) is 0 Å². The first-order valence-electron chi connectivity index (χ1n) is 9.40. The summed E-state index contributed by atoms with van der Waals surface area (Å²) in [7, 11) is 0. The van der Waals surface area contributed by atoms with Crippen LogP contribution in [-0.2, 0) is 16.0 Å². The summed E-state index contributed by atoms with van der Waals surface area (Å²) in [6.45, 7) is 0. The predicted octanol–water partition coefficient (Wildman–Crippen LogP) is 3.01. The zero-order chi connectivity index (χ0) is 20.5. The summed E-state index contributed by atoms with van der Waals surface area (Å²) in [5.41, 5.74) is 0.864. The Balaban J connectivity index is 1.90. The Kier molecular flexibility index (Phi) is 8.72. The maximum absolute atomic E-state index is 12.2. The minimum atomic E-state index is -0.972. The van der Waals surface area contributed by atoms with E-state index in [0.29, 0.717) is 24.3 Å². The standard InChI is InChI=1S/C22H25ClO5/c23-16-7-5-6-15(12-16)13-17(24)10-11-19-18(20(25)14-21(19)26)8-3-1-2-4-9-22(27)28/h4-7,9,12,17-19,21,24,26H,1-3,8,13-14H2,(H,27,28)/b9-4+/t17?,18-,19?,21-/m1/s1. The molecule has 2 unspecified atom stereocenters. The van der Waals surface area contributed by atoms with Crippen LogP contribution in [0.25, 0.3) is 0 Å². The van der Waals surface area contributed by atoms with Crippen molar-refractivity contribution in [2.75, 3.05) is 0 Å². The Morgan fingerprint density at radius 2 is 2.14 bits per heavy atom. The van der Waals surface area contributed by atoms with Crippen molar-refractivity contribution in [2.24, 2.45) is 11.8 Å². The number of carbonyl (C=O) groups excluding carboxylic acids is 1. The molecule has 1 aromatic carbocycles. The number of aliphatic carboxylic acids is 1. The second-order valence-electron chi connectivity index (χ2n) is 7.03. The van der Waals surface area contributed by atoms with Crippen molar-refractivity contribution < 1.29 is 24.9 Å². The normalized spacial score (nSPS) is 22.8. The van der Waals surface area contributed by atoms with E-state index in [1.165, 1.54) is 0 Å². The summed E-state index contributed by atoms with van der Waals surface area (Å²) < 4.78 is 0. The topological polar surface area (TPSA) is 94.8 Å². The molecule has 0 amide bonds. The van der Waals surface area contributed by atoms with E-state index in [1.807, 2.05) is 6.07 Å². The van der Waals surface area contributed by atoms with Crippen LogP contribution in [0.15, 0.2) is 36.4 Å². The van der Waals surface area contributed by atoms with Gasteiger partial charge in [0.2, 0.25) is 0 Å². The number of aliphatic hydroxyl groups excluding tert-OH is 2. The van der Waals surface area contributed by atoms with E-state index >= 15 is 0 Å². The Morgan fingerprint density at radius 3 is 2.86 bits per heavy atom. The molecule has 150 valence electrons. The number of hydrogen-bond donors (Lipinski definition) is 3. The molecule has 0 spiro atoms. The van der Waals surface area contributed by atoms with Crippen LogP contribution in [0.4, 0.5) is 0 Å². The Morgan fingerprint density at radius 1 is 1.36 bits per heavy atom. The molecule has 1 fully saturated rings. The number of unbranched alkanes of at least 4 members (excludes halogenated alkanes) is 2. The zero-order valence-electron chi connectivity index (χ0n) is 15.6. The molecule has 3 N–H and O–H groups in total. The highest BCUT2D eigenvalue weighted by Crippen LogP contribution is 2.32. The van der Waals surface area contributed by atoms with Crippen molar-refractivity contribution >= 4 is 23.4 Å². The molecule has 1 saturated carbocycles. The van der Waals surface area contributed by atoms with Gasteiger partial charge in [0.25, 0.3) is 0 Å². The average molecular weight is 405 g/mol. The van der Waals surface area contributed by atoms with Crippen molar-refractivity contribution in [1.82, 2.24) is 0 Å². The van der Waals surface area contributed by atoms with Gasteiger partial charge >= 0.3 is 5.97 Å². The van der Waals surface area contributed by atoms with Crippen LogP contribution >= 0.6 is 11.6 Å². The number of allylic oxidation sites excluding steroid dienone is 1. The summed E-state index contributed by atoms with van der Waals surface area (Å²) in [6, 6.07) is 7.18. The molecule has 0 bridgehead atoms. The lowest BCUT2D eigenvalue weighted by molar-refractivity contribution is -0.131. The highest BCUT2D eigenvalue weighted by atomic mass is 35.5. The number of Topliss-reactive ketones (excluding diaryl/α,β-unsaturated/α-hetero) is 1. The lowest BCUT2D eigenvalue weighted by Gasteiger charge is -2.15. The molecular formula is C22H25ClO5. The monoisotopic (exact) mass is 404 g/mol. The molecule has 4 atom stereocenters. The Hall–Kier alpha value is -2.13. The SMILES string of the molecule is O=C(O)/C=C/CCCC[C@H]1C(=O)C[C@@H](O)C1C#CC(O)Cc1cccc(Cl)c1. The predicted molar refractivity (Wildman–Crippen MR) is 107 cm³/mol. The van der Waals surface area contributed by atoms with Crippen molar-refractivity contribution in [3.8, 4) is 11.8 Å². The lowest BCUT2D eigenvalue weighted by atomic mass is 9.89. The van der Waals surface area contributed by atoms with Gasteiger partial charge in [-0.3, -0.25) is 4.79 Å². The zero-order valence-corrected chi connectivity index (χ0v) is 16.3. The highest BCUT2D eigenvalue weighted by molar-refractivity contribution is 6.30. The van der Waals surface area contributed by atoms with E-state index in [0.717, 1.165) is 24.5 Å². The van der Waals surface area contributed by atoms with Gasteiger partial charge in [0.15, 0.2) is 0 Å². The van der Waals surface area contributed by atoms with Gasteiger partial charge < -0.3 is 15.3 Å². The third-order valence-corrected chi connectivity index (χ3v) is 5.04. The highest BCUT2D eigenvalue weighted by Gasteiger charge is 2.40. The number of ketones is 1. The lowest BCUT2D eigenvalue weighted by Crippen LogP contribution is -2.20. The van der Waals surface area contributed by atoms with E-state index in [1.54, 1.807) is 24.3 Å². The second kappa shape index (κ2) is 11.0. The molecule has 0 aromatic heterocycles. The number of carboxylic acids is 1. The number of aliphatic hydroxyl groups is 2. The fourth-order valence-electron chi connectivity index (χ4n) is 3.43. The maximum Gasteiger partial charge on any atom is 0.327 e. The number of hydrogen-bond acceptors (Lipinski definition) is 4. The first kappa shape index (κ1) is 22.2. The van der Waals surface area contributed by atoms with Crippen LogP contribution in [0.1, 0.15) is 37.7 Å². The minimum Gasteiger partial charge on any atom is -0.478 e. The van der Waals surface area contributed by atoms with E-state index in [9.17, 15) is 19.8 Å². The summed E-state index contributed by atoms with van der Waals surface area (Å²) in [5.74, 6) is 3.90. The first-order valence-corrected chi connectivity index (χ1v) is 9.78. The molecule has 28 heavy (non-hydrogen) atoms. The molecule has 0 saturated heterocycles. The van der Waals surface area contributed by atoms with Gasteiger partial charge in [0.1, 0.15) is 11.9 Å². The third kappa shape index (κ3) is 7.12. The number of benzene rings is 1. The van der Waals surface area contributed by atoms with Crippen molar-refractivity contribution in [3.63, 3.8) is 0 Å². The van der Waals surface area contributed by atoms with Crippen LogP contribution in [0.2, 0.25) is 5.02 Å². The molecule has 1 aromatic rings. The van der Waals surface area contributed by atoms with E-state index in [4.69, 9.17) is 16.7 Å². The van der Waals surface area contributed by atoms with Gasteiger partial charge in [0, 0.05) is 29.9 Å². The molecule has 0 radical (unpaired) electrons. The number of carbonyl (C=O) groups is 2. The number of halogens is 1. The molecule has 0 heterocycles. The maximum atomic E-state index is 12.2. The Bertz CT molecular complexity index is 777. The molecule has 6 heteroatoms. The summed E-state index contributed by atoms with van der Waals surface area (Å²) in [5, 5.41) is 29.5. The van der Waals surface area contributed by atoms with Crippen LogP contribution < -0.4 is 0 Å². The van der Waals surface area contributed by atoms with Crippen LogP contribution in [0, 0.1) is 23.7 Å². The van der Waals surface area contributed by atoms with Gasteiger partial charge in [-0.25, -0.2) is 4.79 Å². The molecular weight excluding hydrogens is 380 g/mol. The molecule has 2 rings (SSSR count). The fourth-order valence-corrected chi connectivity index (χ4v) is 3.64. The van der Waals surface area contributed by atoms with Crippen LogP contribution in [0.5, 0.6) is 0 Å². The van der Waals surface area contributed by atoms with Gasteiger partial charge in [-0.1, -0.05) is 48.1 Å². The molecule has 5 nitrogen and oxygen atoms in total. The first-order chi connectivity index (χ1) is 13.4. The minimum absolute atomic E-state index is 0.00258. The smallest absolute Gasteiger partial charge is 0.327 e. The van der Waals surface area contributed by atoms with Gasteiger partial charge in [-0.05, 0) is 37.0 Å². The fraction of sp³-hybridized carbons (Fsp3) is 0.455. The van der Waals surface area contributed by atoms with Crippen molar-refractivity contribution in [3.05, 3.63) is 47.0 Å². The molecule has 0 aliphatic heterocycles. The molecule has 1 aliphatic rings. The summed E-state index contributed by atoms with van der Waals surface area (Å²) in [4.78, 5) is 22.6. The van der Waals surface area contributed by atoms with Crippen molar-refractivity contribution in [2.45, 2.75) is 50.7 Å². The second-order valence-corrected chi connectivity index (χ2v) is 7.47.